The second kappa shape index (κ2) is 15.9. The molecule has 4 N–H and O–H groups in total. The number of hydrogen-bond acceptors (Lipinski definition) is 7. The minimum Gasteiger partial charge on any atom is -0.469 e. The molecule has 1 heterocycles. The predicted molar refractivity (Wildman–Crippen MR) is 152 cm³/mol. The minimum atomic E-state index is -0.891. The second-order valence-corrected chi connectivity index (χ2v) is 11.2. The highest BCUT2D eigenvalue weighted by Crippen LogP contribution is 2.21. The SMILES string of the molecule is CNC(=O)[C@H](Cc1c[nH]c2ccccc12)NC(=O)[C@H](CC(C)C)NC(=O)[C@@H](CCCCC(=O)OC)SC(C)=O. The molecule has 214 valence electrons. The Morgan fingerprint density at radius 1 is 0.974 bits per heavy atom. The number of methoxy groups -OCH3 is 1. The van der Waals surface area contributed by atoms with Crippen molar-refractivity contribution in [2.75, 3.05) is 14.2 Å². The molecule has 0 radical (unpaired) electrons. The number of thioether (sulfide) groups is 1. The highest BCUT2D eigenvalue weighted by molar-refractivity contribution is 8.14. The van der Waals surface area contributed by atoms with Crippen LogP contribution in [0.15, 0.2) is 30.5 Å². The van der Waals surface area contributed by atoms with Gasteiger partial charge in [-0.15, -0.1) is 0 Å². The van der Waals surface area contributed by atoms with Crippen LogP contribution < -0.4 is 16.0 Å². The van der Waals surface area contributed by atoms with Gasteiger partial charge in [0.2, 0.25) is 17.7 Å². The Kier molecular flexibility index (Phi) is 13.0. The van der Waals surface area contributed by atoms with Crippen LogP contribution in [0.4, 0.5) is 0 Å². The first-order chi connectivity index (χ1) is 18.5. The van der Waals surface area contributed by atoms with E-state index < -0.39 is 29.1 Å². The number of nitrogens with one attached hydrogen (secondary N) is 4. The van der Waals surface area contributed by atoms with Crippen molar-refractivity contribution in [2.24, 2.45) is 5.92 Å². The number of likely N-dealkylation sites (N-methyl/N-ethyl adjacent to an activating group) is 1. The van der Waals surface area contributed by atoms with Crippen molar-refractivity contribution in [1.82, 2.24) is 20.9 Å². The van der Waals surface area contributed by atoms with Gasteiger partial charge in [-0.25, -0.2) is 0 Å². The van der Waals surface area contributed by atoms with Gasteiger partial charge in [-0.3, -0.25) is 24.0 Å². The Labute approximate surface area is 233 Å². The number of aromatic nitrogens is 1. The molecular formula is C28H40N4O6S. The summed E-state index contributed by atoms with van der Waals surface area (Å²) in [4.78, 5) is 65.7. The summed E-state index contributed by atoms with van der Waals surface area (Å²) < 4.78 is 4.64. The second-order valence-electron chi connectivity index (χ2n) is 9.85. The van der Waals surface area contributed by atoms with Gasteiger partial charge < -0.3 is 25.7 Å². The smallest absolute Gasteiger partial charge is 0.305 e. The summed E-state index contributed by atoms with van der Waals surface area (Å²) in [6, 6.07) is 5.96. The number of rotatable bonds is 15. The molecule has 0 aliphatic heterocycles. The van der Waals surface area contributed by atoms with Crippen LogP contribution in [0.1, 0.15) is 58.4 Å². The molecular weight excluding hydrogens is 520 g/mol. The molecule has 0 fully saturated rings. The molecule has 1 aromatic carbocycles. The number of ether oxygens (including phenoxy) is 1. The average Bonchev–Trinajstić information content (AvgIpc) is 3.31. The Bertz CT molecular complexity index is 1150. The van der Waals surface area contributed by atoms with Gasteiger partial charge in [-0.05, 0) is 36.8 Å². The van der Waals surface area contributed by atoms with E-state index in [1.54, 1.807) is 0 Å². The van der Waals surface area contributed by atoms with Crippen LogP contribution in [0.2, 0.25) is 0 Å². The lowest BCUT2D eigenvalue weighted by molar-refractivity contribution is -0.140. The third-order valence-corrected chi connectivity index (χ3v) is 7.31. The van der Waals surface area contributed by atoms with Crippen LogP contribution in [-0.4, -0.2) is 65.3 Å². The van der Waals surface area contributed by atoms with Crippen LogP contribution in [0, 0.1) is 5.92 Å². The maximum Gasteiger partial charge on any atom is 0.305 e. The summed E-state index contributed by atoms with van der Waals surface area (Å²) in [6.45, 7) is 5.25. The van der Waals surface area contributed by atoms with E-state index in [9.17, 15) is 24.0 Å². The standard InChI is InChI=1S/C28H40N4O6S/c1-17(2)14-22(32-28(37)24(39-18(3)33)12-8-9-13-25(34)38-5)27(36)31-23(26(35)29-4)15-19-16-30-21-11-7-6-10-20(19)21/h6-7,10-11,16-17,22-24,30H,8-9,12-15H2,1-5H3,(H,29,35)(H,31,36)(H,32,37)/t22-,23-,24+/m0/s1. The first kappa shape index (κ1) is 31.9. The Balaban J connectivity index is 2.14. The van der Waals surface area contributed by atoms with Crippen molar-refractivity contribution >= 4 is 51.5 Å². The van der Waals surface area contributed by atoms with E-state index >= 15 is 0 Å². The molecule has 10 nitrogen and oxygen atoms in total. The summed E-state index contributed by atoms with van der Waals surface area (Å²) in [5, 5.41) is 8.29. The van der Waals surface area contributed by atoms with Gasteiger partial charge in [0.1, 0.15) is 12.1 Å². The number of carbonyl (C=O) groups excluding carboxylic acids is 5. The fourth-order valence-electron chi connectivity index (χ4n) is 4.29. The lowest BCUT2D eigenvalue weighted by Gasteiger charge is -2.25. The molecule has 0 saturated carbocycles. The number of aromatic amines is 1. The highest BCUT2D eigenvalue weighted by Gasteiger charge is 2.30. The maximum absolute atomic E-state index is 13.4. The van der Waals surface area contributed by atoms with Gasteiger partial charge in [-0.1, -0.05) is 50.2 Å². The quantitative estimate of drug-likeness (QED) is 0.193. The summed E-state index contributed by atoms with van der Waals surface area (Å²) in [5.41, 5.74) is 1.81. The normalized spacial score (nSPS) is 13.4. The van der Waals surface area contributed by atoms with E-state index in [1.165, 1.54) is 21.1 Å². The summed E-state index contributed by atoms with van der Waals surface area (Å²) in [7, 11) is 2.83. The number of esters is 1. The molecule has 0 unspecified atom stereocenters. The molecule has 11 heteroatoms. The van der Waals surface area contributed by atoms with Crippen molar-refractivity contribution in [2.45, 2.75) is 76.6 Å². The molecule has 0 spiro atoms. The maximum atomic E-state index is 13.4. The number of unbranched alkanes of at least 4 members (excludes halogenated alkanes) is 1. The largest absolute Gasteiger partial charge is 0.469 e. The van der Waals surface area contributed by atoms with E-state index in [1.807, 2.05) is 44.3 Å². The van der Waals surface area contributed by atoms with E-state index in [0.717, 1.165) is 28.2 Å². The van der Waals surface area contributed by atoms with E-state index in [0.29, 0.717) is 25.7 Å². The van der Waals surface area contributed by atoms with Gasteiger partial charge in [-0.2, -0.15) is 0 Å². The molecule has 1 aromatic heterocycles. The molecule has 0 saturated heterocycles. The van der Waals surface area contributed by atoms with Crippen LogP contribution in [-0.2, 0) is 35.1 Å². The Morgan fingerprint density at radius 2 is 1.67 bits per heavy atom. The van der Waals surface area contributed by atoms with Crippen molar-refractivity contribution < 1.29 is 28.7 Å². The zero-order chi connectivity index (χ0) is 28.9. The lowest BCUT2D eigenvalue weighted by atomic mass is 10.0. The van der Waals surface area contributed by atoms with Crippen molar-refractivity contribution in [3.8, 4) is 0 Å². The molecule has 3 atom stereocenters. The van der Waals surface area contributed by atoms with Gasteiger partial charge in [0.25, 0.3) is 0 Å². The van der Waals surface area contributed by atoms with Crippen LogP contribution in [0.5, 0.6) is 0 Å². The van der Waals surface area contributed by atoms with E-state index in [-0.39, 0.29) is 35.8 Å². The minimum absolute atomic E-state index is 0.0760. The van der Waals surface area contributed by atoms with Crippen LogP contribution in [0.25, 0.3) is 10.9 Å². The van der Waals surface area contributed by atoms with Gasteiger partial charge in [0.15, 0.2) is 5.12 Å². The zero-order valence-corrected chi connectivity index (χ0v) is 24.1. The predicted octanol–water partition coefficient (Wildman–Crippen LogP) is 2.85. The number of amides is 3. The highest BCUT2D eigenvalue weighted by atomic mass is 32.2. The molecule has 2 rings (SSSR count). The monoisotopic (exact) mass is 560 g/mol. The summed E-state index contributed by atoms with van der Waals surface area (Å²) in [5.74, 6) is -1.50. The van der Waals surface area contributed by atoms with Gasteiger partial charge in [0, 0.05) is 43.9 Å². The van der Waals surface area contributed by atoms with Gasteiger partial charge >= 0.3 is 5.97 Å². The number of carbonyl (C=O) groups is 5. The zero-order valence-electron chi connectivity index (χ0n) is 23.3. The van der Waals surface area contributed by atoms with Crippen molar-refractivity contribution in [3.05, 3.63) is 36.0 Å². The topological polar surface area (TPSA) is 146 Å². The molecule has 0 bridgehead atoms. The third kappa shape index (κ3) is 10.4. The van der Waals surface area contributed by atoms with Crippen LogP contribution in [0.3, 0.4) is 0 Å². The van der Waals surface area contributed by atoms with Crippen LogP contribution >= 0.6 is 11.8 Å². The number of H-pyrrole nitrogens is 1. The third-order valence-electron chi connectivity index (χ3n) is 6.24. The first-order valence-corrected chi connectivity index (χ1v) is 14.0. The number of hydrogen-bond donors (Lipinski definition) is 4. The fraction of sp³-hybridized carbons (Fsp3) is 0.536. The molecule has 3 amide bonds. The lowest BCUT2D eigenvalue weighted by Crippen LogP contribution is -2.55. The summed E-state index contributed by atoms with van der Waals surface area (Å²) in [6.07, 6.45) is 4.09. The number of para-hydroxylation sites is 1. The van der Waals surface area contributed by atoms with Crippen molar-refractivity contribution in [3.63, 3.8) is 0 Å². The Hall–Kier alpha value is -3.34. The number of benzene rings is 1. The average molecular weight is 561 g/mol. The summed E-state index contributed by atoms with van der Waals surface area (Å²) >= 11 is 0.905. The fourth-order valence-corrected chi connectivity index (χ4v) is 5.15. The molecule has 0 aliphatic carbocycles. The first-order valence-electron chi connectivity index (χ1n) is 13.2. The molecule has 39 heavy (non-hydrogen) atoms. The molecule has 2 aromatic rings. The Morgan fingerprint density at radius 3 is 2.31 bits per heavy atom. The van der Waals surface area contributed by atoms with Crippen molar-refractivity contribution in [1.29, 1.82) is 0 Å². The van der Waals surface area contributed by atoms with E-state index in [4.69, 9.17) is 0 Å². The molecule has 0 aliphatic rings. The number of fused-ring (bicyclic) bond motifs is 1. The van der Waals surface area contributed by atoms with Gasteiger partial charge in [0.05, 0.1) is 12.4 Å². The van der Waals surface area contributed by atoms with E-state index in [2.05, 4.69) is 25.7 Å².